The van der Waals surface area contributed by atoms with Crippen molar-refractivity contribution in [2.45, 2.75) is 70.4 Å². The van der Waals surface area contributed by atoms with Crippen molar-refractivity contribution in [2.75, 3.05) is 51.1 Å². The van der Waals surface area contributed by atoms with Crippen LogP contribution in [0, 0.1) is 5.92 Å². The summed E-state index contributed by atoms with van der Waals surface area (Å²) in [6.07, 6.45) is 9.68. The Morgan fingerprint density at radius 1 is 0.941 bits per heavy atom. The third-order valence-electron chi connectivity index (χ3n) is 8.00. The quantitative estimate of drug-likeness (QED) is 0.569. The Balaban J connectivity index is 1.25. The van der Waals surface area contributed by atoms with Gasteiger partial charge in [0.1, 0.15) is 0 Å². The number of piperidine rings is 1. The van der Waals surface area contributed by atoms with Crippen LogP contribution in [0.15, 0.2) is 30.3 Å². The molecule has 2 saturated heterocycles. The Morgan fingerprint density at radius 3 is 2.35 bits per heavy atom. The molecule has 2 aliphatic heterocycles. The van der Waals surface area contributed by atoms with Crippen molar-refractivity contribution in [1.29, 1.82) is 0 Å². The zero-order valence-electron chi connectivity index (χ0n) is 20.9. The zero-order valence-corrected chi connectivity index (χ0v) is 20.9. The second-order valence-electron chi connectivity index (χ2n) is 10.3. The van der Waals surface area contributed by atoms with Crippen LogP contribution in [0.5, 0.6) is 0 Å². The summed E-state index contributed by atoms with van der Waals surface area (Å²) >= 11 is 0. The lowest BCUT2D eigenvalue weighted by Gasteiger charge is -2.40. The Hall–Kier alpha value is -2.12. The summed E-state index contributed by atoms with van der Waals surface area (Å²) < 4.78 is 0. The summed E-state index contributed by atoms with van der Waals surface area (Å²) in [6, 6.07) is 10.1. The normalized spacial score (nSPS) is 23.6. The highest BCUT2D eigenvalue weighted by atomic mass is 16.2. The topological polar surface area (TPSA) is 67.9 Å². The van der Waals surface area contributed by atoms with E-state index in [1.54, 1.807) is 0 Å². The molecular formula is C27H43N5O2. The van der Waals surface area contributed by atoms with E-state index in [4.69, 9.17) is 0 Å². The van der Waals surface area contributed by atoms with E-state index in [1.165, 1.54) is 38.6 Å². The van der Waals surface area contributed by atoms with Gasteiger partial charge >= 0.3 is 6.03 Å². The molecule has 0 aromatic heterocycles. The number of amides is 3. The number of carbonyl (C=O) groups is 2. The van der Waals surface area contributed by atoms with Gasteiger partial charge in [-0.15, -0.1) is 0 Å². The minimum atomic E-state index is -0.0595. The van der Waals surface area contributed by atoms with Crippen molar-refractivity contribution in [3.63, 3.8) is 0 Å². The standard InChI is InChI=1S/C27H43N5O2/c1-22-10-7-8-16-30(22)17-9-15-28-26(33)25(23-11-5-6-12-23)31-18-20-32(21-19-31)27(34)29-24-13-3-2-4-14-24/h2-4,13-14,22-23,25H,5-12,15-21H2,1H3,(H,28,33)(H,29,34). The minimum absolute atomic E-state index is 0.0559. The van der Waals surface area contributed by atoms with Gasteiger partial charge in [0.15, 0.2) is 0 Å². The molecule has 3 aliphatic rings. The van der Waals surface area contributed by atoms with Gasteiger partial charge in [-0.2, -0.15) is 0 Å². The number of hydrogen-bond donors (Lipinski definition) is 2. The average Bonchev–Trinajstić information content (AvgIpc) is 3.38. The van der Waals surface area contributed by atoms with Crippen LogP contribution in [0.3, 0.4) is 0 Å². The number of rotatable bonds is 8. The number of urea groups is 1. The van der Waals surface area contributed by atoms with E-state index >= 15 is 0 Å². The number of likely N-dealkylation sites (tertiary alicyclic amines) is 1. The van der Waals surface area contributed by atoms with Gasteiger partial charge in [0, 0.05) is 51.0 Å². The number of hydrogen-bond acceptors (Lipinski definition) is 4. The van der Waals surface area contributed by atoms with Crippen LogP contribution in [0.2, 0.25) is 0 Å². The minimum Gasteiger partial charge on any atom is -0.355 e. The van der Waals surface area contributed by atoms with Crippen LogP contribution in [0.4, 0.5) is 10.5 Å². The first-order valence-corrected chi connectivity index (χ1v) is 13.5. The Labute approximate surface area is 205 Å². The number of carbonyl (C=O) groups excluding carboxylic acids is 2. The highest BCUT2D eigenvalue weighted by molar-refractivity contribution is 5.89. The smallest absolute Gasteiger partial charge is 0.321 e. The fourth-order valence-electron chi connectivity index (χ4n) is 5.97. The molecule has 2 atom stereocenters. The van der Waals surface area contributed by atoms with Gasteiger partial charge in [-0.05, 0) is 63.6 Å². The van der Waals surface area contributed by atoms with Crippen LogP contribution in [0.25, 0.3) is 0 Å². The molecule has 0 radical (unpaired) electrons. The molecule has 7 heteroatoms. The number of para-hydroxylation sites is 1. The summed E-state index contributed by atoms with van der Waals surface area (Å²) in [5.74, 6) is 0.632. The maximum atomic E-state index is 13.3. The average molecular weight is 470 g/mol. The van der Waals surface area contributed by atoms with Gasteiger partial charge in [-0.25, -0.2) is 4.79 Å². The first-order valence-electron chi connectivity index (χ1n) is 13.5. The lowest BCUT2D eigenvalue weighted by Crippen LogP contribution is -2.58. The monoisotopic (exact) mass is 469 g/mol. The van der Waals surface area contributed by atoms with E-state index in [0.717, 1.165) is 51.1 Å². The lowest BCUT2D eigenvalue weighted by atomic mass is 9.95. The molecule has 188 valence electrons. The van der Waals surface area contributed by atoms with E-state index in [9.17, 15) is 9.59 Å². The molecule has 2 unspecified atom stereocenters. The molecule has 1 saturated carbocycles. The van der Waals surface area contributed by atoms with E-state index < -0.39 is 0 Å². The summed E-state index contributed by atoms with van der Waals surface area (Å²) in [7, 11) is 0. The van der Waals surface area contributed by atoms with Gasteiger partial charge in [-0.1, -0.05) is 37.5 Å². The largest absolute Gasteiger partial charge is 0.355 e. The number of piperazine rings is 1. The molecule has 1 aromatic carbocycles. The maximum absolute atomic E-state index is 13.3. The fraction of sp³-hybridized carbons (Fsp3) is 0.704. The molecule has 4 rings (SSSR count). The lowest BCUT2D eigenvalue weighted by molar-refractivity contribution is -0.129. The third kappa shape index (κ3) is 6.72. The van der Waals surface area contributed by atoms with Crippen LogP contribution >= 0.6 is 0 Å². The van der Waals surface area contributed by atoms with Gasteiger partial charge in [0.2, 0.25) is 5.91 Å². The molecule has 3 amide bonds. The van der Waals surface area contributed by atoms with Gasteiger partial charge < -0.3 is 20.4 Å². The summed E-state index contributed by atoms with van der Waals surface area (Å²) in [6.45, 7) is 8.17. The van der Waals surface area contributed by atoms with Crippen molar-refractivity contribution in [2.24, 2.45) is 5.92 Å². The first kappa shape index (κ1) is 25.0. The van der Waals surface area contributed by atoms with Gasteiger partial charge in [0.25, 0.3) is 0 Å². The number of anilines is 1. The molecule has 1 aliphatic carbocycles. The molecule has 2 heterocycles. The van der Waals surface area contributed by atoms with Gasteiger partial charge in [-0.3, -0.25) is 9.69 Å². The SMILES string of the molecule is CC1CCCCN1CCCNC(=O)C(C1CCCC1)N1CCN(C(=O)Nc2ccccc2)CC1. The highest BCUT2D eigenvalue weighted by Gasteiger charge is 2.37. The summed E-state index contributed by atoms with van der Waals surface area (Å²) in [5, 5.41) is 6.26. The molecule has 7 nitrogen and oxygen atoms in total. The van der Waals surface area contributed by atoms with E-state index in [-0.39, 0.29) is 18.0 Å². The predicted octanol–water partition coefficient (Wildman–Crippen LogP) is 3.78. The molecule has 0 bridgehead atoms. The van der Waals surface area contributed by atoms with Crippen molar-refractivity contribution in [3.05, 3.63) is 30.3 Å². The van der Waals surface area contributed by atoms with E-state index in [1.807, 2.05) is 35.2 Å². The third-order valence-corrected chi connectivity index (χ3v) is 8.00. The molecule has 1 aromatic rings. The Bertz CT molecular complexity index is 774. The molecule has 34 heavy (non-hydrogen) atoms. The summed E-state index contributed by atoms with van der Waals surface area (Å²) in [5.41, 5.74) is 0.817. The second kappa shape index (κ2) is 12.5. The highest BCUT2D eigenvalue weighted by Crippen LogP contribution is 2.31. The number of benzene rings is 1. The van der Waals surface area contributed by atoms with E-state index in [2.05, 4.69) is 27.4 Å². The zero-order chi connectivity index (χ0) is 23.8. The molecule has 3 fully saturated rings. The van der Waals surface area contributed by atoms with Crippen molar-refractivity contribution in [3.8, 4) is 0 Å². The van der Waals surface area contributed by atoms with Gasteiger partial charge in [0.05, 0.1) is 6.04 Å². The van der Waals surface area contributed by atoms with Crippen molar-refractivity contribution in [1.82, 2.24) is 20.0 Å². The van der Waals surface area contributed by atoms with Crippen LogP contribution < -0.4 is 10.6 Å². The van der Waals surface area contributed by atoms with E-state index in [0.29, 0.717) is 25.0 Å². The first-order chi connectivity index (χ1) is 16.6. The number of nitrogens with zero attached hydrogens (tertiary/aromatic N) is 3. The second-order valence-corrected chi connectivity index (χ2v) is 10.3. The van der Waals surface area contributed by atoms with Crippen molar-refractivity contribution < 1.29 is 9.59 Å². The van der Waals surface area contributed by atoms with Crippen molar-refractivity contribution >= 4 is 17.6 Å². The predicted molar refractivity (Wildman–Crippen MR) is 137 cm³/mol. The molecule has 2 N–H and O–H groups in total. The molecule has 0 spiro atoms. The van der Waals surface area contributed by atoms with Crippen LogP contribution in [0.1, 0.15) is 58.3 Å². The summed E-state index contributed by atoms with van der Waals surface area (Å²) in [4.78, 5) is 32.8. The van der Waals surface area contributed by atoms with Crippen LogP contribution in [-0.4, -0.2) is 84.5 Å². The van der Waals surface area contributed by atoms with Crippen LogP contribution in [-0.2, 0) is 4.79 Å². The Morgan fingerprint density at radius 2 is 1.65 bits per heavy atom. The number of nitrogens with one attached hydrogen (secondary N) is 2. The fourth-order valence-corrected chi connectivity index (χ4v) is 5.97. The molecular weight excluding hydrogens is 426 g/mol. The maximum Gasteiger partial charge on any atom is 0.321 e. The Kier molecular flexibility index (Phi) is 9.22.